The van der Waals surface area contributed by atoms with E-state index in [0.29, 0.717) is 11.8 Å². The van der Waals surface area contributed by atoms with Crippen molar-refractivity contribution in [2.75, 3.05) is 19.6 Å². The van der Waals surface area contributed by atoms with Crippen molar-refractivity contribution in [1.82, 2.24) is 10.1 Å². The minimum absolute atomic E-state index is 0.0630. The van der Waals surface area contributed by atoms with Crippen LogP contribution in [0.15, 0.2) is 40.9 Å². The SMILES string of the molecule is CC(CCc1ccccc1)CN1CCC(c2cc(C(=O)O)on2)CC1. The molecule has 1 aromatic heterocycles. The molecule has 1 N–H and O–H groups in total. The fourth-order valence-electron chi connectivity index (χ4n) is 3.58. The van der Waals surface area contributed by atoms with Crippen molar-refractivity contribution >= 4 is 5.97 Å². The molecular formula is C20H26N2O3. The first kappa shape index (κ1) is 17.7. The van der Waals surface area contributed by atoms with Crippen molar-refractivity contribution in [1.29, 1.82) is 0 Å². The number of likely N-dealkylation sites (tertiary alicyclic amines) is 1. The van der Waals surface area contributed by atoms with Crippen LogP contribution in [0.1, 0.15) is 53.9 Å². The second-order valence-corrected chi connectivity index (χ2v) is 7.13. The molecule has 25 heavy (non-hydrogen) atoms. The molecule has 0 bridgehead atoms. The predicted molar refractivity (Wildman–Crippen MR) is 95.8 cm³/mol. The Morgan fingerprint density at radius 1 is 1.32 bits per heavy atom. The third-order valence-electron chi connectivity index (χ3n) is 5.08. The van der Waals surface area contributed by atoms with Crippen LogP contribution in [0.3, 0.4) is 0 Å². The lowest BCUT2D eigenvalue weighted by atomic mass is 9.92. The first-order valence-corrected chi connectivity index (χ1v) is 9.08. The average Bonchev–Trinajstić information content (AvgIpc) is 3.12. The number of carboxylic acid groups (broad SMARTS) is 1. The van der Waals surface area contributed by atoms with Gasteiger partial charge in [-0.3, -0.25) is 0 Å². The number of piperidine rings is 1. The zero-order chi connectivity index (χ0) is 17.6. The number of carbonyl (C=O) groups is 1. The van der Waals surface area contributed by atoms with E-state index >= 15 is 0 Å². The van der Waals surface area contributed by atoms with Gasteiger partial charge in [-0.15, -0.1) is 0 Å². The molecule has 1 aliphatic heterocycles. The maximum Gasteiger partial charge on any atom is 0.374 e. The van der Waals surface area contributed by atoms with Crippen LogP contribution in [-0.2, 0) is 6.42 Å². The van der Waals surface area contributed by atoms with Gasteiger partial charge in [-0.05, 0) is 50.3 Å². The van der Waals surface area contributed by atoms with E-state index in [1.165, 1.54) is 12.0 Å². The normalized spacial score (nSPS) is 17.5. The quantitative estimate of drug-likeness (QED) is 0.828. The molecule has 0 spiro atoms. The topological polar surface area (TPSA) is 66.6 Å². The Morgan fingerprint density at radius 3 is 2.68 bits per heavy atom. The van der Waals surface area contributed by atoms with Crippen LogP contribution in [0.5, 0.6) is 0 Å². The van der Waals surface area contributed by atoms with Crippen LogP contribution < -0.4 is 0 Å². The van der Waals surface area contributed by atoms with Crippen LogP contribution in [-0.4, -0.2) is 40.8 Å². The molecule has 134 valence electrons. The van der Waals surface area contributed by atoms with Crippen LogP contribution in [0.25, 0.3) is 0 Å². The van der Waals surface area contributed by atoms with Gasteiger partial charge in [0.15, 0.2) is 0 Å². The monoisotopic (exact) mass is 342 g/mol. The molecule has 1 atom stereocenters. The van der Waals surface area contributed by atoms with Gasteiger partial charge in [0.25, 0.3) is 0 Å². The van der Waals surface area contributed by atoms with Crippen LogP contribution in [0, 0.1) is 5.92 Å². The highest BCUT2D eigenvalue weighted by Gasteiger charge is 2.25. The third kappa shape index (κ3) is 4.92. The Hall–Kier alpha value is -2.14. The van der Waals surface area contributed by atoms with E-state index in [0.717, 1.165) is 44.6 Å². The number of aromatic carboxylic acids is 1. The predicted octanol–water partition coefficient (Wildman–Crippen LogP) is 3.82. The highest BCUT2D eigenvalue weighted by atomic mass is 16.5. The lowest BCUT2D eigenvalue weighted by Gasteiger charge is -2.32. The maximum atomic E-state index is 10.9. The van der Waals surface area contributed by atoms with Crippen molar-refractivity contribution in [3.05, 3.63) is 53.4 Å². The zero-order valence-electron chi connectivity index (χ0n) is 14.7. The van der Waals surface area contributed by atoms with E-state index < -0.39 is 5.97 Å². The maximum absolute atomic E-state index is 10.9. The third-order valence-corrected chi connectivity index (χ3v) is 5.08. The fourth-order valence-corrected chi connectivity index (χ4v) is 3.58. The minimum atomic E-state index is -1.05. The lowest BCUT2D eigenvalue weighted by Crippen LogP contribution is -2.36. The Balaban J connectivity index is 1.41. The fraction of sp³-hybridized carbons (Fsp3) is 0.500. The molecule has 3 rings (SSSR count). The molecule has 0 amide bonds. The van der Waals surface area contributed by atoms with E-state index in [9.17, 15) is 4.79 Å². The van der Waals surface area contributed by atoms with E-state index in [4.69, 9.17) is 9.63 Å². The number of rotatable bonds is 7. The first-order chi connectivity index (χ1) is 12.1. The molecule has 1 fully saturated rings. The standard InChI is InChI=1S/C20H26N2O3/c1-15(7-8-16-5-3-2-4-6-16)14-22-11-9-17(10-12-22)18-13-19(20(23)24)25-21-18/h2-6,13,15,17H,7-12,14H2,1H3,(H,23,24). The van der Waals surface area contributed by atoms with Gasteiger partial charge in [-0.1, -0.05) is 42.4 Å². The summed E-state index contributed by atoms with van der Waals surface area (Å²) in [6, 6.07) is 12.2. The summed E-state index contributed by atoms with van der Waals surface area (Å²) in [7, 11) is 0. The van der Waals surface area contributed by atoms with E-state index in [2.05, 4.69) is 47.3 Å². The van der Waals surface area contributed by atoms with Crippen LogP contribution in [0.4, 0.5) is 0 Å². The minimum Gasteiger partial charge on any atom is -0.475 e. The van der Waals surface area contributed by atoms with E-state index in [1.54, 1.807) is 6.07 Å². The summed E-state index contributed by atoms with van der Waals surface area (Å²) >= 11 is 0. The molecule has 0 aliphatic carbocycles. The Morgan fingerprint density at radius 2 is 2.04 bits per heavy atom. The van der Waals surface area contributed by atoms with Crippen LogP contribution in [0.2, 0.25) is 0 Å². The summed E-state index contributed by atoms with van der Waals surface area (Å²) in [6.07, 6.45) is 4.36. The smallest absolute Gasteiger partial charge is 0.374 e. The number of aryl methyl sites for hydroxylation is 1. The molecule has 1 aliphatic rings. The number of hydrogen-bond donors (Lipinski definition) is 1. The largest absolute Gasteiger partial charge is 0.475 e. The van der Waals surface area contributed by atoms with Gasteiger partial charge in [0.1, 0.15) is 0 Å². The highest BCUT2D eigenvalue weighted by molar-refractivity contribution is 5.84. The van der Waals surface area contributed by atoms with Crippen LogP contribution >= 0.6 is 0 Å². The summed E-state index contributed by atoms with van der Waals surface area (Å²) < 4.78 is 4.88. The Kier molecular flexibility index (Phi) is 5.87. The molecule has 5 heteroatoms. The molecule has 5 nitrogen and oxygen atoms in total. The summed E-state index contributed by atoms with van der Waals surface area (Å²) in [5.74, 6) is -0.134. The van der Waals surface area contributed by atoms with Crippen molar-refractivity contribution in [2.45, 2.75) is 38.5 Å². The molecule has 0 radical (unpaired) electrons. The van der Waals surface area contributed by atoms with Gasteiger partial charge in [-0.25, -0.2) is 4.79 Å². The van der Waals surface area contributed by atoms with Gasteiger partial charge in [0.2, 0.25) is 5.76 Å². The number of hydrogen-bond acceptors (Lipinski definition) is 4. The van der Waals surface area contributed by atoms with Gasteiger partial charge >= 0.3 is 5.97 Å². The molecule has 0 saturated carbocycles. The summed E-state index contributed by atoms with van der Waals surface area (Å²) in [6.45, 7) is 5.52. The van der Waals surface area contributed by atoms with Gasteiger partial charge in [0, 0.05) is 18.5 Å². The number of nitrogens with zero attached hydrogens (tertiary/aromatic N) is 2. The molecular weight excluding hydrogens is 316 g/mol. The first-order valence-electron chi connectivity index (χ1n) is 9.08. The second-order valence-electron chi connectivity index (χ2n) is 7.13. The number of aromatic nitrogens is 1. The zero-order valence-corrected chi connectivity index (χ0v) is 14.7. The number of carboxylic acids is 1. The summed E-state index contributed by atoms with van der Waals surface area (Å²) in [5, 5.41) is 12.9. The second kappa shape index (κ2) is 8.30. The van der Waals surface area contributed by atoms with Crippen molar-refractivity contribution in [2.24, 2.45) is 5.92 Å². The number of benzene rings is 1. The Labute approximate surface area is 148 Å². The van der Waals surface area contributed by atoms with Crippen molar-refractivity contribution < 1.29 is 14.4 Å². The molecule has 2 aromatic rings. The van der Waals surface area contributed by atoms with Gasteiger partial charge in [-0.2, -0.15) is 0 Å². The molecule has 1 aromatic carbocycles. The van der Waals surface area contributed by atoms with Gasteiger partial charge in [0.05, 0.1) is 5.69 Å². The Bertz CT molecular complexity index is 675. The summed E-state index contributed by atoms with van der Waals surface area (Å²) in [5.41, 5.74) is 2.20. The van der Waals surface area contributed by atoms with Crippen molar-refractivity contribution in [3.8, 4) is 0 Å². The average molecular weight is 342 g/mol. The van der Waals surface area contributed by atoms with Gasteiger partial charge < -0.3 is 14.5 Å². The van der Waals surface area contributed by atoms with E-state index in [1.807, 2.05) is 0 Å². The van der Waals surface area contributed by atoms with E-state index in [-0.39, 0.29) is 5.76 Å². The molecule has 1 saturated heterocycles. The summed E-state index contributed by atoms with van der Waals surface area (Å²) in [4.78, 5) is 13.4. The highest BCUT2D eigenvalue weighted by Crippen LogP contribution is 2.28. The lowest BCUT2D eigenvalue weighted by molar-refractivity contribution is 0.0651. The molecule has 2 heterocycles. The van der Waals surface area contributed by atoms with Crippen molar-refractivity contribution in [3.63, 3.8) is 0 Å². The molecule has 1 unspecified atom stereocenters.